The maximum Gasteiger partial charge on any atom is 0.303 e. The number of carboxylic acids is 1. The fourth-order valence-corrected chi connectivity index (χ4v) is 1.57. The van der Waals surface area contributed by atoms with Gasteiger partial charge in [-0.2, -0.15) is 0 Å². The zero-order valence-corrected chi connectivity index (χ0v) is 8.47. The normalized spacial score (nSPS) is 10.7. The first kappa shape index (κ1) is 9.71. The Balaban J connectivity index is 2.29. The molecule has 0 aliphatic heterocycles. The molecule has 0 spiro atoms. The van der Waals surface area contributed by atoms with Crippen molar-refractivity contribution in [3.8, 4) is 0 Å². The molecule has 0 atom stereocenters. The second-order valence-corrected chi connectivity index (χ2v) is 3.55. The Bertz CT molecular complexity index is 502. The Morgan fingerprint density at radius 3 is 3.13 bits per heavy atom. The molecule has 2 aromatic heterocycles. The molecule has 15 heavy (non-hydrogen) atoms. The molecule has 1 N–H and O–H groups in total. The number of carboxylic acid groups (broad SMARTS) is 1. The molecule has 78 valence electrons. The molecule has 4 heteroatoms. The lowest BCUT2D eigenvalue weighted by Crippen LogP contribution is -1.98. The van der Waals surface area contributed by atoms with Gasteiger partial charge in [0.15, 0.2) is 0 Å². The third-order valence-electron chi connectivity index (χ3n) is 2.42. The molecule has 2 aromatic rings. The monoisotopic (exact) mass is 204 g/mol. The number of aryl methyl sites for hydroxylation is 2. The summed E-state index contributed by atoms with van der Waals surface area (Å²) in [5, 5.41) is 8.59. The predicted octanol–water partition coefficient (Wildman–Crippen LogP) is 1.66. The number of pyridine rings is 1. The maximum absolute atomic E-state index is 10.4. The van der Waals surface area contributed by atoms with Crippen molar-refractivity contribution < 1.29 is 9.90 Å². The first-order valence-corrected chi connectivity index (χ1v) is 4.81. The number of aliphatic carboxylic acids is 1. The first-order chi connectivity index (χ1) is 7.16. The number of aromatic nitrogens is 2. The van der Waals surface area contributed by atoms with E-state index >= 15 is 0 Å². The number of carbonyl (C=O) groups is 1. The van der Waals surface area contributed by atoms with Gasteiger partial charge in [0.2, 0.25) is 0 Å². The number of imidazole rings is 1. The largest absolute Gasteiger partial charge is 0.481 e. The molecule has 0 saturated carbocycles. The summed E-state index contributed by atoms with van der Waals surface area (Å²) in [5.41, 5.74) is 3.04. The van der Waals surface area contributed by atoms with Gasteiger partial charge in [0.05, 0.1) is 17.5 Å². The van der Waals surface area contributed by atoms with Crippen LogP contribution in [0.1, 0.15) is 17.7 Å². The van der Waals surface area contributed by atoms with Crippen LogP contribution in [0.5, 0.6) is 0 Å². The van der Waals surface area contributed by atoms with Crippen molar-refractivity contribution in [3.05, 3.63) is 35.9 Å². The Kier molecular flexibility index (Phi) is 2.41. The van der Waals surface area contributed by atoms with Crippen molar-refractivity contribution >= 4 is 11.5 Å². The van der Waals surface area contributed by atoms with E-state index in [1.165, 1.54) is 0 Å². The van der Waals surface area contributed by atoms with Crippen LogP contribution in [-0.4, -0.2) is 20.5 Å². The second kappa shape index (κ2) is 3.73. The van der Waals surface area contributed by atoms with Gasteiger partial charge >= 0.3 is 5.97 Å². The standard InChI is InChI=1S/C11H12N2O2/c1-8-10-6-9(2-3-11(14)15)4-5-13(10)7-12-8/h4-7H,2-3H2,1H3,(H,14,15). The molecule has 0 amide bonds. The molecule has 0 aromatic carbocycles. The van der Waals surface area contributed by atoms with E-state index in [4.69, 9.17) is 5.11 Å². The molecular weight excluding hydrogens is 192 g/mol. The fraction of sp³-hybridized carbons (Fsp3) is 0.273. The molecule has 0 saturated heterocycles. The van der Waals surface area contributed by atoms with E-state index in [0.717, 1.165) is 16.8 Å². The highest BCUT2D eigenvalue weighted by Gasteiger charge is 2.02. The number of hydrogen-bond donors (Lipinski definition) is 1. The van der Waals surface area contributed by atoms with Gasteiger partial charge in [0.25, 0.3) is 0 Å². The third kappa shape index (κ3) is 1.98. The van der Waals surface area contributed by atoms with Gasteiger partial charge in [0, 0.05) is 12.6 Å². The highest BCUT2D eigenvalue weighted by molar-refractivity contribution is 5.67. The molecular formula is C11H12N2O2. The van der Waals surface area contributed by atoms with Crippen molar-refractivity contribution in [3.63, 3.8) is 0 Å². The summed E-state index contributed by atoms with van der Waals surface area (Å²) in [4.78, 5) is 14.6. The van der Waals surface area contributed by atoms with Gasteiger partial charge in [-0.3, -0.25) is 4.79 Å². The smallest absolute Gasteiger partial charge is 0.303 e. The molecule has 0 bridgehead atoms. The summed E-state index contributed by atoms with van der Waals surface area (Å²) in [6.45, 7) is 1.94. The van der Waals surface area contributed by atoms with Crippen molar-refractivity contribution in [1.82, 2.24) is 9.38 Å². The molecule has 4 nitrogen and oxygen atoms in total. The average molecular weight is 204 g/mol. The molecule has 0 aliphatic rings. The quantitative estimate of drug-likeness (QED) is 0.827. The van der Waals surface area contributed by atoms with Crippen molar-refractivity contribution in [2.45, 2.75) is 19.8 Å². The van der Waals surface area contributed by atoms with E-state index in [1.54, 1.807) is 6.33 Å². The van der Waals surface area contributed by atoms with Crippen LogP contribution in [0, 0.1) is 6.92 Å². The van der Waals surface area contributed by atoms with E-state index in [1.807, 2.05) is 29.7 Å². The lowest BCUT2D eigenvalue weighted by atomic mass is 10.1. The first-order valence-electron chi connectivity index (χ1n) is 4.81. The Hall–Kier alpha value is -1.84. The Morgan fingerprint density at radius 2 is 2.40 bits per heavy atom. The van der Waals surface area contributed by atoms with Crippen LogP contribution in [0.2, 0.25) is 0 Å². The van der Waals surface area contributed by atoms with Crippen LogP contribution in [0.4, 0.5) is 0 Å². The van der Waals surface area contributed by atoms with Gasteiger partial charge in [-0.05, 0) is 31.0 Å². The summed E-state index contributed by atoms with van der Waals surface area (Å²) >= 11 is 0. The van der Waals surface area contributed by atoms with Gasteiger partial charge in [-0.1, -0.05) is 0 Å². The highest BCUT2D eigenvalue weighted by atomic mass is 16.4. The average Bonchev–Trinajstić information content (AvgIpc) is 2.57. The second-order valence-electron chi connectivity index (χ2n) is 3.55. The van der Waals surface area contributed by atoms with E-state index in [-0.39, 0.29) is 6.42 Å². The number of rotatable bonds is 3. The maximum atomic E-state index is 10.4. The van der Waals surface area contributed by atoms with Gasteiger partial charge < -0.3 is 9.51 Å². The number of fused-ring (bicyclic) bond motifs is 1. The van der Waals surface area contributed by atoms with E-state index in [0.29, 0.717) is 6.42 Å². The van der Waals surface area contributed by atoms with Crippen LogP contribution < -0.4 is 0 Å². The van der Waals surface area contributed by atoms with Gasteiger partial charge in [-0.15, -0.1) is 0 Å². The number of hydrogen-bond acceptors (Lipinski definition) is 2. The van der Waals surface area contributed by atoms with Crippen LogP contribution in [-0.2, 0) is 11.2 Å². The topological polar surface area (TPSA) is 54.6 Å². The van der Waals surface area contributed by atoms with Gasteiger partial charge in [-0.25, -0.2) is 4.98 Å². The zero-order valence-electron chi connectivity index (χ0n) is 8.47. The SMILES string of the molecule is Cc1ncn2ccc(CCC(=O)O)cc12. The summed E-state index contributed by atoms with van der Waals surface area (Å²) in [6.07, 6.45) is 4.40. The lowest BCUT2D eigenvalue weighted by Gasteiger charge is -2.00. The molecule has 2 heterocycles. The predicted molar refractivity (Wildman–Crippen MR) is 55.9 cm³/mol. The summed E-state index contributed by atoms with van der Waals surface area (Å²) < 4.78 is 1.93. The van der Waals surface area contributed by atoms with Crippen molar-refractivity contribution in [2.75, 3.05) is 0 Å². The summed E-state index contributed by atoms with van der Waals surface area (Å²) in [7, 11) is 0. The van der Waals surface area contributed by atoms with Crippen LogP contribution >= 0.6 is 0 Å². The lowest BCUT2D eigenvalue weighted by molar-refractivity contribution is -0.136. The zero-order chi connectivity index (χ0) is 10.8. The van der Waals surface area contributed by atoms with Gasteiger partial charge in [0.1, 0.15) is 0 Å². The van der Waals surface area contributed by atoms with E-state index < -0.39 is 5.97 Å². The molecule has 0 unspecified atom stereocenters. The third-order valence-corrected chi connectivity index (χ3v) is 2.42. The Labute approximate surface area is 87.2 Å². The van der Waals surface area contributed by atoms with Crippen LogP contribution in [0.15, 0.2) is 24.7 Å². The van der Waals surface area contributed by atoms with Crippen LogP contribution in [0.3, 0.4) is 0 Å². The molecule has 2 rings (SSSR count). The molecule has 0 fully saturated rings. The highest BCUT2D eigenvalue weighted by Crippen LogP contribution is 2.12. The number of nitrogens with zero attached hydrogens (tertiary/aromatic N) is 2. The van der Waals surface area contributed by atoms with Crippen molar-refractivity contribution in [1.29, 1.82) is 0 Å². The molecule has 0 aliphatic carbocycles. The van der Waals surface area contributed by atoms with E-state index in [2.05, 4.69) is 4.98 Å². The summed E-state index contributed by atoms with van der Waals surface area (Å²) in [5.74, 6) is -0.764. The summed E-state index contributed by atoms with van der Waals surface area (Å²) in [6, 6.07) is 3.92. The van der Waals surface area contributed by atoms with Crippen LogP contribution in [0.25, 0.3) is 5.52 Å². The minimum Gasteiger partial charge on any atom is -0.481 e. The fourth-order valence-electron chi connectivity index (χ4n) is 1.57. The Morgan fingerprint density at radius 1 is 1.60 bits per heavy atom. The van der Waals surface area contributed by atoms with Crippen molar-refractivity contribution in [2.24, 2.45) is 0 Å². The minimum absolute atomic E-state index is 0.170. The molecule has 0 radical (unpaired) electrons. The van der Waals surface area contributed by atoms with E-state index in [9.17, 15) is 4.79 Å². The minimum atomic E-state index is -0.764.